The average molecular weight is 332 g/mol. The van der Waals surface area contributed by atoms with Crippen molar-refractivity contribution in [2.75, 3.05) is 18.8 Å². The first-order chi connectivity index (χ1) is 12.2. The van der Waals surface area contributed by atoms with Crippen molar-refractivity contribution in [3.05, 3.63) is 89.3 Å². The molecule has 0 bridgehead atoms. The zero-order chi connectivity index (χ0) is 17.2. The van der Waals surface area contributed by atoms with Crippen molar-refractivity contribution in [2.45, 2.75) is 19.5 Å². The van der Waals surface area contributed by atoms with Gasteiger partial charge < -0.3 is 11.2 Å². The minimum atomic E-state index is 0.829. The van der Waals surface area contributed by atoms with Gasteiger partial charge in [0.05, 0.1) is 17.9 Å². The Hall–Kier alpha value is -2.72. The molecule has 0 aliphatic carbocycles. The molecular weight excluding hydrogens is 308 g/mol. The summed E-state index contributed by atoms with van der Waals surface area (Å²) in [6.07, 6.45) is 1.04. The van der Waals surface area contributed by atoms with E-state index < -0.39 is 0 Å². The van der Waals surface area contributed by atoms with Crippen molar-refractivity contribution < 1.29 is 0 Å². The fraction of sp³-hybridized carbons (Fsp3) is 0.238. The Morgan fingerprint density at radius 1 is 1.00 bits per heavy atom. The van der Waals surface area contributed by atoms with Crippen LogP contribution in [0.15, 0.2) is 78.1 Å². The van der Waals surface area contributed by atoms with Crippen LogP contribution in [0.2, 0.25) is 0 Å². The number of nitrogens with zero attached hydrogens (tertiary/aromatic N) is 2. The second-order valence-electron chi connectivity index (χ2n) is 6.79. The fourth-order valence-electron chi connectivity index (χ4n) is 3.62. The number of hydrazine groups is 1. The molecule has 0 spiro atoms. The van der Waals surface area contributed by atoms with Gasteiger partial charge in [0.1, 0.15) is 0 Å². The molecule has 128 valence electrons. The van der Waals surface area contributed by atoms with Crippen LogP contribution in [0.5, 0.6) is 0 Å². The molecule has 2 aromatic carbocycles. The maximum absolute atomic E-state index is 5.90. The van der Waals surface area contributed by atoms with Crippen molar-refractivity contribution in [1.29, 1.82) is 0 Å². The summed E-state index contributed by atoms with van der Waals surface area (Å²) in [7, 11) is 0. The number of allylic oxidation sites excluding steroid dienone is 1. The first kappa shape index (κ1) is 15.8. The first-order valence-corrected chi connectivity index (χ1v) is 8.75. The molecule has 0 radical (unpaired) electrons. The minimum Gasteiger partial charge on any atom is -0.399 e. The summed E-state index contributed by atoms with van der Waals surface area (Å²) in [5, 5.41) is 2.17. The van der Waals surface area contributed by atoms with Gasteiger partial charge in [-0.05, 0) is 29.7 Å². The van der Waals surface area contributed by atoms with Gasteiger partial charge in [0.15, 0.2) is 0 Å². The van der Waals surface area contributed by atoms with E-state index in [0.29, 0.717) is 0 Å². The number of rotatable bonds is 4. The van der Waals surface area contributed by atoms with Gasteiger partial charge in [0.2, 0.25) is 0 Å². The van der Waals surface area contributed by atoms with Crippen LogP contribution in [0, 0.1) is 0 Å². The van der Waals surface area contributed by atoms with E-state index in [1.165, 1.54) is 22.4 Å². The van der Waals surface area contributed by atoms with E-state index in [2.05, 4.69) is 58.3 Å². The number of nitrogen functional groups attached to an aromatic ring is 1. The highest BCUT2D eigenvalue weighted by Crippen LogP contribution is 2.31. The Kier molecular flexibility index (Phi) is 4.20. The summed E-state index contributed by atoms with van der Waals surface area (Å²) < 4.78 is 0. The highest BCUT2D eigenvalue weighted by Gasteiger charge is 2.29. The third-order valence-corrected chi connectivity index (χ3v) is 4.91. The van der Waals surface area contributed by atoms with E-state index in [1.807, 2.05) is 18.2 Å². The van der Waals surface area contributed by atoms with Crippen molar-refractivity contribution in [3.63, 3.8) is 0 Å². The van der Waals surface area contributed by atoms with Crippen molar-refractivity contribution in [3.8, 4) is 0 Å². The zero-order valence-corrected chi connectivity index (χ0v) is 14.4. The van der Waals surface area contributed by atoms with Gasteiger partial charge in [-0.2, -0.15) is 0 Å². The molecule has 4 rings (SSSR count). The molecule has 3 N–H and O–H groups in total. The highest BCUT2D eigenvalue weighted by atomic mass is 15.5. The molecule has 25 heavy (non-hydrogen) atoms. The molecule has 0 atom stereocenters. The molecule has 4 heteroatoms. The molecule has 0 saturated carbocycles. The summed E-state index contributed by atoms with van der Waals surface area (Å²) in [6, 6.07) is 18.7. The lowest BCUT2D eigenvalue weighted by Gasteiger charge is -2.27. The van der Waals surface area contributed by atoms with Crippen LogP contribution in [0.25, 0.3) is 0 Å². The van der Waals surface area contributed by atoms with Gasteiger partial charge in [0.25, 0.3) is 0 Å². The van der Waals surface area contributed by atoms with Gasteiger partial charge >= 0.3 is 0 Å². The molecule has 0 unspecified atom stereocenters. The number of nitrogens with two attached hydrogens (primary N) is 1. The Labute approximate surface area is 149 Å². The molecule has 0 fully saturated rings. The molecule has 2 aromatic rings. The third-order valence-electron chi connectivity index (χ3n) is 4.91. The first-order valence-electron chi connectivity index (χ1n) is 8.75. The second kappa shape index (κ2) is 6.65. The Bertz CT molecular complexity index is 810. The van der Waals surface area contributed by atoms with Gasteiger partial charge in [-0.1, -0.05) is 49.0 Å². The lowest BCUT2D eigenvalue weighted by atomic mass is 10.0. The third kappa shape index (κ3) is 3.39. The molecule has 4 nitrogen and oxygen atoms in total. The SMILES string of the molecule is C=C1C2=C(CN(Cc3cccc(N)c3)CC2)NN1Cc1ccccc1. The normalized spacial score (nSPS) is 17.6. The summed E-state index contributed by atoms with van der Waals surface area (Å²) in [5.74, 6) is 0. The van der Waals surface area contributed by atoms with E-state index >= 15 is 0 Å². The summed E-state index contributed by atoms with van der Waals surface area (Å²) in [4.78, 5) is 2.46. The van der Waals surface area contributed by atoms with E-state index in [4.69, 9.17) is 5.73 Å². The molecule has 0 saturated heterocycles. The largest absolute Gasteiger partial charge is 0.399 e. The topological polar surface area (TPSA) is 44.5 Å². The smallest absolute Gasteiger partial charge is 0.0644 e. The fourth-order valence-corrected chi connectivity index (χ4v) is 3.62. The Morgan fingerprint density at radius 3 is 2.60 bits per heavy atom. The lowest BCUT2D eigenvalue weighted by Crippen LogP contribution is -2.36. The number of anilines is 1. The van der Waals surface area contributed by atoms with Crippen LogP contribution >= 0.6 is 0 Å². The van der Waals surface area contributed by atoms with Crippen LogP contribution in [0.1, 0.15) is 17.5 Å². The molecule has 0 aromatic heterocycles. The molecule has 0 amide bonds. The molecule has 2 aliphatic heterocycles. The van der Waals surface area contributed by atoms with Crippen molar-refractivity contribution in [2.24, 2.45) is 0 Å². The van der Waals surface area contributed by atoms with Crippen molar-refractivity contribution in [1.82, 2.24) is 15.3 Å². The van der Waals surface area contributed by atoms with Gasteiger partial charge in [-0.15, -0.1) is 0 Å². The monoisotopic (exact) mass is 332 g/mol. The van der Waals surface area contributed by atoms with Crippen LogP contribution in [0.4, 0.5) is 5.69 Å². The maximum atomic E-state index is 5.90. The standard InChI is InChI=1S/C21H24N4/c1-16-20-10-11-24(13-18-8-5-9-19(22)12-18)15-21(20)23-25(16)14-17-6-3-2-4-7-17/h2-9,12,23H,1,10-11,13-15,22H2. The Morgan fingerprint density at radius 2 is 1.80 bits per heavy atom. The number of nitrogens with one attached hydrogen (secondary N) is 1. The van der Waals surface area contributed by atoms with Gasteiger partial charge in [-0.25, -0.2) is 0 Å². The summed E-state index contributed by atoms with van der Waals surface area (Å²) in [5.41, 5.74) is 16.6. The predicted molar refractivity (Wildman–Crippen MR) is 102 cm³/mol. The minimum absolute atomic E-state index is 0.829. The van der Waals surface area contributed by atoms with Gasteiger partial charge in [0, 0.05) is 30.9 Å². The van der Waals surface area contributed by atoms with E-state index in [0.717, 1.165) is 44.0 Å². The number of benzene rings is 2. The predicted octanol–water partition coefficient (Wildman–Crippen LogP) is 3.26. The zero-order valence-electron chi connectivity index (χ0n) is 14.4. The molecule has 2 aliphatic rings. The quantitative estimate of drug-likeness (QED) is 0.844. The maximum Gasteiger partial charge on any atom is 0.0644 e. The van der Waals surface area contributed by atoms with Crippen molar-refractivity contribution >= 4 is 5.69 Å². The van der Waals surface area contributed by atoms with E-state index in [1.54, 1.807) is 0 Å². The number of hydrogen-bond acceptors (Lipinski definition) is 4. The Balaban J connectivity index is 1.41. The van der Waals surface area contributed by atoms with Crippen LogP contribution in [-0.2, 0) is 13.1 Å². The van der Waals surface area contributed by atoms with E-state index in [9.17, 15) is 0 Å². The summed E-state index contributed by atoms with van der Waals surface area (Å²) in [6.45, 7) is 8.04. The second-order valence-corrected chi connectivity index (χ2v) is 6.79. The van der Waals surface area contributed by atoms with E-state index in [-0.39, 0.29) is 0 Å². The summed E-state index contributed by atoms with van der Waals surface area (Å²) >= 11 is 0. The van der Waals surface area contributed by atoms with Crippen LogP contribution < -0.4 is 11.2 Å². The molecular formula is C21H24N4. The highest BCUT2D eigenvalue weighted by molar-refractivity contribution is 5.41. The van der Waals surface area contributed by atoms with Gasteiger partial charge in [-0.3, -0.25) is 9.91 Å². The van der Waals surface area contributed by atoms with Crippen LogP contribution in [0.3, 0.4) is 0 Å². The lowest BCUT2D eigenvalue weighted by molar-refractivity contribution is 0.253. The number of hydrogen-bond donors (Lipinski definition) is 2. The molecule has 2 heterocycles. The van der Waals surface area contributed by atoms with Crippen LogP contribution in [-0.4, -0.2) is 23.0 Å². The average Bonchev–Trinajstić information content (AvgIpc) is 2.91.